The van der Waals surface area contributed by atoms with Crippen LogP contribution in [0.2, 0.25) is 0 Å². The quantitative estimate of drug-likeness (QED) is 0.338. The molecule has 3 N–H and O–H groups in total. The molecule has 10 heteroatoms. The number of hydrogen-bond donors (Lipinski definition) is 2. The van der Waals surface area contributed by atoms with E-state index in [1.54, 1.807) is 23.1 Å². The second-order valence-electron chi connectivity index (χ2n) is 6.42. The molecule has 1 heterocycles. The normalized spacial score (nSPS) is 12.2. The van der Waals surface area contributed by atoms with E-state index in [9.17, 15) is 24.5 Å². The highest BCUT2D eigenvalue weighted by molar-refractivity contribution is 5.99. The third-order valence-corrected chi connectivity index (χ3v) is 4.44. The van der Waals surface area contributed by atoms with Gasteiger partial charge in [-0.1, -0.05) is 0 Å². The van der Waals surface area contributed by atoms with Crippen molar-refractivity contribution in [2.24, 2.45) is 0 Å². The number of amides is 2. The van der Waals surface area contributed by atoms with Crippen molar-refractivity contribution in [3.8, 4) is 0 Å². The van der Waals surface area contributed by atoms with Crippen LogP contribution in [0.25, 0.3) is 0 Å². The molecule has 0 spiro atoms. The van der Waals surface area contributed by atoms with E-state index in [4.69, 9.17) is 10.5 Å². The Hall–Kier alpha value is -3.95. The van der Waals surface area contributed by atoms with Gasteiger partial charge in [-0.3, -0.25) is 19.7 Å². The van der Waals surface area contributed by atoms with Gasteiger partial charge in [0, 0.05) is 37.0 Å². The maximum Gasteiger partial charge on any atom is 0.340 e. The van der Waals surface area contributed by atoms with E-state index in [2.05, 4.69) is 5.32 Å². The summed E-state index contributed by atoms with van der Waals surface area (Å²) in [6, 6.07) is 8.53. The molecule has 1 aliphatic rings. The smallest absolute Gasteiger partial charge is 0.340 e. The molecule has 3 rings (SSSR count). The second kappa shape index (κ2) is 7.97. The molecule has 0 atom stereocenters. The molecule has 150 valence electrons. The topological polar surface area (TPSA) is 145 Å². The van der Waals surface area contributed by atoms with Crippen molar-refractivity contribution >= 4 is 40.5 Å². The fourth-order valence-corrected chi connectivity index (χ4v) is 3.06. The van der Waals surface area contributed by atoms with E-state index in [1.807, 2.05) is 0 Å². The first-order valence-electron chi connectivity index (χ1n) is 8.68. The van der Waals surface area contributed by atoms with Crippen LogP contribution in [0.1, 0.15) is 22.8 Å². The van der Waals surface area contributed by atoms with Crippen LogP contribution >= 0.6 is 0 Å². The minimum Gasteiger partial charge on any atom is -0.452 e. The van der Waals surface area contributed by atoms with Crippen molar-refractivity contribution < 1.29 is 24.0 Å². The average molecular weight is 398 g/mol. The lowest BCUT2D eigenvalue weighted by Crippen LogP contribution is -2.25. The maximum absolute atomic E-state index is 12.1. The fourth-order valence-electron chi connectivity index (χ4n) is 3.06. The number of esters is 1. The number of nitro groups is 1. The number of nitrogens with zero attached hydrogens (tertiary/aromatic N) is 2. The SMILES string of the molecule is CC(=O)N1CCc2cc(NC(=O)COC(=O)c3ccc([N+](=O)[O-])cc3N)ccc21. The van der Waals surface area contributed by atoms with Crippen LogP contribution in [0.15, 0.2) is 36.4 Å². The summed E-state index contributed by atoms with van der Waals surface area (Å²) in [6.45, 7) is 1.54. The van der Waals surface area contributed by atoms with E-state index in [-0.39, 0.29) is 22.8 Å². The molecular formula is C19H18N4O6. The summed E-state index contributed by atoms with van der Waals surface area (Å²) in [7, 11) is 0. The van der Waals surface area contributed by atoms with Gasteiger partial charge in [-0.15, -0.1) is 0 Å². The summed E-state index contributed by atoms with van der Waals surface area (Å²) in [6.07, 6.45) is 0.688. The number of ether oxygens (including phenoxy) is 1. The van der Waals surface area contributed by atoms with E-state index < -0.39 is 23.4 Å². The van der Waals surface area contributed by atoms with E-state index in [0.717, 1.165) is 23.4 Å². The molecule has 1 aliphatic heterocycles. The lowest BCUT2D eigenvalue weighted by molar-refractivity contribution is -0.384. The van der Waals surface area contributed by atoms with Crippen molar-refractivity contribution in [3.05, 3.63) is 57.6 Å². The van der Waals surface area contributed by atoms with Crippen LogP contribution in [0, 0.1) is 10.1 Å². The minimum absolute atomic E-state index is 0.0436. The van der Waals surface area contributed by atoms with Crippen molar-refractivity contribution in [2.75, 3.05) is 29.1 Å². The van der Waals surface area contributed by atoms with Gasteiger partial charge in [0.25, 0.3) is 11.6 Å². The molecule has 2 amide bonds. The Morgan fingerprint density at radius 1 is 1.24 bits per heavy atom. The van der Waals surface area contributed by atoms with Gasteiger partial charge < -0.3 is 20.7 Å². The van der Waals surface area contributed by atoms with Gasteiger partial charge in [-0.25, -0.2) is 4.79 Å². The average Bonchev–Trinajstić information content (AvgIpc) is 3.09. The Morgan fingerprint density at radius 2 is 2.00 bits per heavy atom. The predicted octanol–water partition coefficient (Wildman–Crippen LogP) is 1.88. The highest BCUT2D eigenvalue weighted by Gasteiger charge is 2.22. The van der Waals surface area contributed by atoms with Crippen LogP contribution in [0.3, 0.4) is 0 Å². The van der Waals surface area contributed by atoms with E-state index in [1.165, 1.54) is 13.0 Å². The largest absolute Gasteiger partial charge is 0.452 e. The number of carbonyl (C=O) groups is 3. The minimum atomic E-state index is -0.862. The Balaban J connectivity index is 1.59. The molecule has 0 bridgehead atoms. The first-order chi connectivity index (χ1) is 13.8. The Kier molecular flexibility index (Phi) is 5.44. The molecule has 0 fully saturated rings. The lowest BCUT2D eigenvalue weighted by atomic mass is 10.1. The Bertz CT molecular complexity index is 1020. The fraction of sp³-hybridized carbons (Fsp3) is 0.211. The van der Waals surface area contributed by atoms with Gasteiger partial charge in [0.2, 0.25) is 5.91 Å². The Morgan fingerprint density at radius 3 is 2.66 bits per heavy atom. The van der Waals surface area contributed by atoms with Crippen molar-refractivity contribution in [2.45, 2.75) is 13.3 Å². The predicted molar refractivity (Wildman–Crippen MR) is 105 cm³/mol. The highest BCUT2D eigenvalue weighted by Crippen LogP contribution is 2.30. The number of nitrogens with one attached hydrogen (secondary N) is 1. The standard InChI is InChI=1S/C19H18N4O6/c1-11(24)22-7-6-12-8-13(2-5-17(12)22)21-18(25)10-29-19(26)15-4-3-14(23(27)28)9-16(15)20/h2-5,8-9H,6-7,10,20H2,1H3,(H,21,25). The molecule has 0 saturated heterocycles. The molecule has 0 aromatic heterocycles. The summed E-state index contributed by atoms with van der Waals surface area (Å²) in [5, 5.41) is 13.3. The third kappa shape index (κ3) is 4.32. The molecule has 0 unspecified atom stereocenters. The molecule has 0 saturated carbocycles. The van der Waals surface area contributed by atoms with Gasteiger partial charge in [-0.05, 0) is 36.2 Å². The number of rotatable bonds is 5. The van der Waals surface area contributed by atoms with E-state index >= 15 is 0 Å². The Labute approximate surface area is 165 Å². The van der Waals surface area contributed by atoms with Crippen molar-refractivity contribution in [1.29, 1.82) is 0 Å². The highest BCUT2D eigenvalue weighted by atomic mass is 16.6. The summed E-state index contributed by atoms with van der Waals surface area (Å²) in [5.41, 5.74) is 7.48. The van der Waals surface area contributed by atoms with Gasteiger partial charge in [0.15, 0.2) is 6.61 Å². The lowest BCUT2D eigenvalue weighted by Gasteiger charge is -2.15. The molecule has 0 aliphatic carbocycles. The van der Waals surface area contributed by atoms with Crippen LogP contribution in [-0.4, -0.2) is 35.9 Å². The number of anilines is 3. The number of nitrogens with two attached hydrogens (primary N) is 1. The second-order valence-corrected chi connectivity index (χ2v) is 6.42. The molecule has 2 aromatic carbocycles. The van der Waals surface area contributed by atoms with Crippen LogP contribution in [0.5, 0.6) is 0 Å². The van der Waals surface area contributed by atoms with Crippen LogP contribution in [-0.2, 0) is 20.7 Å². The van der Waals surface area contributed by atoms with Crippen LogP contribution < -0.4 is 16.0 Å². The van der Waals surface area contributed by atoms with Crippen molar-refractivity contribution in [3.63, 3.8) is 0 Å². The first-order valence-corrected chi connectivity index (χ1v) is 8.68. The summed E-state index contributed by atoms with van der Waals surface area (Å²) < 4.78 is 4.93. The van der Waals surface area contributed by atoms with Gasteiger partial charge >= 0.3 is 5.97 Å². The zero-order valence-corrected chi connectivity index (χ0v) is 15.5. The van der Waals surface area contributed by atoms with Crippen molar-refractivity contribution in [1.82, 2.24) is 0 Å². The molecule has 10 nitrogen and oxygen atoms in total. The van der Waals surface area contributed by atoms with E-state index in [0.29, 0.717) is 18.7 Å². The molecule has 2 aromatic rings. The number of fused-ring (bicyclic) bond motifs is 1. The number of nitro benzene ring substituents is 1. The zero-order chi connectivity index (χ0) is 21.1. The van der Waals surface area contributed by atoms with Crippen LogP contribution in [0.4, 0.5) is 22.7 Å². The van der Waals surface area contributed by atoms with Gasteiger partial charge in [0.05, 0.1) is 16.2 Å². The molecular weight excluding hydrogens is 380 g/mol. The third-order valence-electron chi connectivity index (χ3n) is 4.44. The molecule has 0 radical (unpaired) electrons. The number of non-ortho nitro benzene ring substituents is 1. The maximum atomic E-state index is 12.1. The summed E-state index contributed by atoms with van der Waals surface area (Å²) in [4.78, 5) is 47.5. The number of benzene rings is 2. The summed E-state index contributed by atoms with van der Waals surface area (Å²) >= 11 is 0. The first kappa shape index (κ1) is 19.8. The molecule has 29 heavy (non-hydrogen) atoms. The zero-order valence-electron chi connectivity index (χ0n) is 15.5. The number of carbonyl (C=O) groups excluding carboxylic acids is 3. The summed E-state index contributed by atoms with van der Waals surface area (Å²) in [5.74, 6) is -1.46. The number of nitrogen functional groups attached to an aromatic ring is 1. The van der Waals surface area contributed by atoms with Gasteiger partial charge in [0.1, 0.15) is 0 Å². The number of hydrogen-bond acceptors (Lipinski definition) is 7. The van der Waals surface area contributed by atoms with Gasteiger partial charge in [-0.2, -0.15) is 0 Å². The monoisotopic (exact) mass is 398 g/mol.